The Hall–Kier alpha value is -1.65. The van der Waals surface area contributed by atoms with E-state index in [1.54, 1.807) is 0 Å². The lowest BCUT2D eigenvalue weighted by atomic mass is 9.81. The molecule has 0 radical (unpaired) electrons. The van der Waals surface area contributed by atoms with Crippen molar-refractivity contribution in [2.75, 3.05) is 0 Å². The zero-order valence-electron chi connectivity index (χ0n) is 14.8. The third-order valence-electron chi connectivity index (χ3n) is 5.69. The van der Waals surface area contributed by atoms with Crippen LogP contribution in [0.25, 0.3) is 0 Å². The average Bonchev–Trinajstić information content (AvgIpc) is 3.12. The van der Waals surface area contributed by atoms with Gasteiger partial charge in [0, 0.05) is 24.7 Å². The van der Waals surface area contributed by atoms with Gasteiger partial charge in [0.15, 0.2) is 0 Å². The highest BCUT2D eigenvalue weighted by molar-refractivity contribution is 7.12. The summed E-state index contributed by atoms with van der Waals surface area (Å²) in [4.78, 5) is 15.9. The van der Waals surface area contributed by atoms with E-state index in [9.17, 15) is 4.79 Å². The molecule has 2 fully saturated rings. The van der Waals surface area contributed by atoms with E-state index in [1.807, 2.05) is 17.5 Å². The lowest BCUT2D eigenvalue weighted by Crippen LogP contribution is -2.56. The summed E-state index contributed by atoms with van der Waals surface area (Å²) in [7, 11) is 0. The molecule has 0 unspecified atom stereocenters. The van der Waals surface area contributed by atoms with E-state index in [1.165, 1.54) is 41.7 Å². The van der Waals surface area contributed by atoms with Gasteiger partial charge in [-0.1, -0.05) is 42.3 Å². The number of rotatable bonds is 4. The summed E-state index contributed by atoms with van der Waals surface area (Å²) < 4.78 is 0. The number of carbonyl (C=O) groups excluding carboxylic acids is 1. The van der Waals surface area contributed by atoms with Crippen LogP contribution in [0.1, 0.15) is 52.9 Å². The zero-order valence-corrected chi connectivity index (χ0v) is 15.6. The molecule has 1 aromatic heterocycles. The Morgan fingerprint density at radius 3 is 2.52 bits per heavy atom. The van der Waals surface area contributed by atoms with E-state index in [-0.39, 0.29) is 5.91 Å². The normalized spacial score (nSPS) is 26.4. The minimum Gasteiger partial charge on any atom is -0.348 e. The van der Waals surface area contributed by atoms with Gasteiger partial charge in [0.2, 0.25) is 0 Å². The summed E-state index contributed by atoms with van der Waals surface area (Å²) in [6, 6.07) is 14.3. The van der Waals surface area contributed by atoms with Crippen LogP contribution in [-0.2, 0) is 6.54 Å². The van der Waals surface area contributed by atoms with E-state index in [2.05, 4.69) is 41.4 Å². The maximum atomic E-state index is 12.4. The number of fused-ring (bicyclic) bond motifs is 2. The second kappa shape index (κ2) is 7.30. The summed E-state index contributed by atoms with van der Waals surface area (Å²) in [6.07, 6.45) is 6.01. The molecule has 4 heteroatoms. The summed E-state index contributed by atoms with van der Waals surface area (Å²) in [5.41, 5.74) is 2.72. The Bertz CT molecular complexity index is 696. The van der Waals surface area contributed by atoms with Crippen molar-refractivity contribution in [3.05, 3.63) is 57.8 Å². The van der Waals surface area contributed by atoms with Crippen LogP contribution in [-0.4, -0.2) is 28.9 Å². The molecule has 132 valence electrons. The second-order valence-electron chi connectivity index (χ2n) is 7.52. The maximum Gasteiger partial charge on any atom is 0.261 e. The van der Waals surface area contributed by atoms with Crippen molar-refractivity contribution >= 4 is 17.2 Å². The first-order valence-corrected chi connectivity index (χ1v) is 10.2. The molecule has 4 rings (SSSR count). The Labute approximate surface area is 154 Å². The SMILES string of the molecule is Cc1ccc(CN2[C@@H]3CCC[C@@H]2CC(NC(=O)c2cccs2)C3)cc1. The number of nitrogens with zero attached hydrogens (tertiary/aromatic N) is 1. The third kappa shape index (κ3) is 3.80. The molecule has 3 nitrogen and oxygen atoms in total. The summed E-state index contributed by atoms with van der Waals surface area (Å²) in [6.45, 7) is 3.18. The quantitative estimate of drug-likeness (QED) is 0.884. The molecule has 1 N–H and O–H groups in total. The fraction of sp³-hybridized carbons (Fsp3) is 0.476. The van der Waals surface area contributed by atoms with Crippen LogP contribution in [0.5, 0.6) is 0 Å². The van der Waals surface area contributed by atoms with E-state index in [0.29, 0.717) is 18.1 Å². The first-order valence-electron chi connectivity index (χ1n) is 9.35. The van der Waals surface area contributed by atoms with E-state index >= 15 is 0 Å². The van der Waals surface area contributed by atoms with Crippen molar-refractivity contribution in [3.63, 3.8) is 0 Å². The number of carbonyl (C=O) groups is 1. The number of thiophene rings is 1. The molecule has 2 saturated heterocycles. The van der Waals surface area contributed by atoms with Crippen LogP contribution in [0.2, 0.25) is 0 Å². The van der Waals surface area contributed by atoms with Gasteiger partial charge in [0.1, 0.15) is 0 Å². The summed E-state index contributed by atoms with van der Waals surface area (Å²) >= 11 is 1.52. The molecule has 2 aliphatic heterocycles. The van der Waals surface area contributed by atoms with E-state index in [4.69, 9.17) is 0 Å². The Kier molecular flexibility index (Phi) is 4.91. The number of hydrogen-bond donors (Lipinski definition) is 1. The van der Waals surface area contributed by atoms with Crippen molar-refractivity contribution in [2.45, 2.75) is 63.7 Å². The largest absolute Gasteiger partial charge is 0.348 e. The van der Waals surface area contributed by atoms with Crippen LogP contribution in [0.4, 0.5) is 0 Å². The van der Waals surface area contributed by atoms with Gasteiger partial charge in [-0.2, -0.15) is 0 Å². The molecule has 1 aromatic carbocycles. The van der Waals surface area contributed by atoms with Crippen LogP contribution in [0.15, 0.2) is 41.8 Å². The van der Waals surface area contributed by atoms with Gasteiger partial charge in [-0.25, -0.2) is 0 Å². The highest BCUT2D eigenvalue weighted by atomic mass is 32.1. The van der Waals surface area contributed by atoms with Crippen LogP contribution < -0.4 is 5.32 Å². The number of hydrogen-bond acceptors (Lipinski definition) is 3. The predicted octanol–water partition coefficient (Wildman–Crippen LogP) is 4.37. The summed E-state index contributed by atoms with van der Waals surface area (Å²) in [5, 5.41) is 5.25. The molecular weight excluding hydrogens is 328 g/mol. The highest BCUT2D eigenvalue weighted by Crippen LogP contribution is 2.35. The molecule has 2 atom stereocenters. The van der Waals surface area contributed by atoms with Gasteiger partial charge >= 0.3 is 0 Å². The number of aryl methyl sites for hydroxylation is 1. The van der Waals surface area contributed by atoms with Gasteiger partial charge in [0.25, 0.3) is 5.91 Å². The Morgan fingerprint density at radius 2 is 1.88 bits per heavy atom. The molecule has 0 saturated carbocycles. The van der Waals surface area contributed by atoms with Gasteiger partial charge in [-0.05, 0) is 49.6 Å². The standard InChI is InChI=1S/C21H26N2OS/c1-15-7-9-16(10-8-15)14-23-18-4-2-5-19(23)13-17(12-18)22-21(24)20-6-3-11-25-20/h3,6-11,17-19H,2,4-5,12-14H2,1H3,(H,22,24)/t18-,19-/m1/s1. The lowest BCUT2D eigenvalue weighted by molar-refractivity contribution is 0.0177. The van der Waals surface area contributed by atoms with Gasteiger partial charge in [0.05, 0.1) is 4.88 Å². The fourth-order valence-electron chi connectivity index (χ4n) is 4.42. The molecule has 2 bridgehead atoms. The first-order chi connectivity index (χ1) is 12.2. The van der Waals surface area contributed by atoms with Gasteiger partial charge in [-0.15, -0.1) is 11.3 Å². The first kappa shape index (κ1) is 16.8. The van der Waals surface area contributed by atoms with Crippen molar-refractivity contribution < 1.29 is 4.79 Å². The van der Waals surface area contributed by atoms with Crippen LogP contribution >= 0.6 is 11.3 Å². The van der Waals surface area contributed by atoms with Crippen molar-refractivity contribution in [1.82, 2.24) is 10.2 Å². The molecule has 25 heavy (non-hydrogen) atoms. The lowest BCUT2D eigenvalue weighted by Gasteiger charge is -2.49. The number of amides is 1. The number of benzene rings is 1. The number of nitrogens with one attached hydrogen (secondary N) is 1. The highest BCUT2D eigenvalue weighted by Gasteiger charge is 2.38. The molecule has 1 amide bonds. The van der Waals surface area contributed by atoms with E-state index in [0.717, 1.165) is 24.3 Å². The van der Waals surface area contributed by atoms with Gasteiger partial charge < -0.3 is 5.32 Å². The summed E-state index contributed by atoms with van der Waals surface area (Å²) in [5.74, 6) is 0.102. The molecule has 0 spiro atoms. The minimum absolute atomic E-state index is 0.102. The second-order valence-corrected chi connectivity index (χ2v) is 8.46. The average molecular weight is 355 g/mol. The molecule has 2 aliphatic rings. The molecule has 3 heterocycles. The van der Waals surface area contributed by atoms with Crippen molar-refractivity contribution in [3.8, 4) is 0 Å². The van der Waals surface area contributed by atoms with Crippen molar-refractivity contribution in [1.29, 1.82) is 0 Å². The Balaban J connectivity index is 1.41. The minimum atomic E-state index is 0.102. The molecule has 2 aromatic rings. The smallest absolute Gasteiger partial charge is 0.261 e. The monoisotopic (exact) mass is 354 g/mol. The van der Waals surface area contributed by atoms with Crippen LogP contribution in [0.3, 0.4) is 0 Å². The Morgan fingerprint density at radius 1 is 1.16 bits per heavy atom. The molecular formula is C21H26N2OS. The third-order valence-corrected chi connectivity index (χ3v) is 6.56. The maximum absolute atomic E-state index is 12.4. The van der Waals surface area contributed by atoms with Crippen molar-refractivity contribution in [2.24, 2.45) is 0 Å². The van der Waals surface area contributed by atoms with E-state index < -0.39 is 0 Å². The topological polar surface area (TPSA) is 32.3 Å². The van der Waals surface area contributed by atoms with Crippen LogP contribution in [0, 0.1) is 6.92 Å². The number of piperidine rings is 2. The molecule has 0 aliphatic carbocycles. The fourth-order valence-corrected chi connectivity index (χ4v) is 5.05. The predicted molar refractivity (Wildman–Crippen MR) is 103 cm³/mol. The zero-order chi connectivity index (χ0) is 17.2. The van der Waals surface area contributed by atoms with Gasteiger partial charge in [-0.3, -0.25) is 9.69 Å².